The number of nitro benzene ring substituents is 1. The van der Waals surface area contributed by atoms with Gasteiger partial charge in [0, 0.05) is 54.1 Å². The second-order valence-corrected chi connectivity index (χ2v) is 7.08. The van der Waals surface area contributed by atoms with Gasteiger partial charge in [0.25, 0.3) is 5.69 Å². The molecule has 0 radical (unpaired) electrons. The largest absolute Gasteiger partial charge is 0.388 e. The average Bonchev–Trinajstić information content (AvgIpc) is 2.37. The summed E-state index contributed by atoms with van der Waals surface area (Å²) in [6.45, 7) is 6.25. The lowest BCUT2D eigenvalue weighted by molar-refractivity contribution is -0.384. The molecule has 0 atom stereocenters. The quantitative estimate of drug-likeness (QED) is 0.682. The first-order valence-corrected chi connectivity index (χ1v) is 7.26. The molecule has 1 aliphatic heterocycles. The summed E-state index contributed by atoms with van der Waals surface area (Å²) in [6, 6.07) is 5.19. The van der Waals surface area contributed by atoms with Gasteiger partial charge < -0.3 is 10.2 Å². The lowest BCUT2D eigenvalue weighted by Crippen LogP contribution is -2.43. The maximum absolute atomic E-state index is 11.0. The molecule has 5 nitrogen and oxygen atoms in total. The topological polar surface area (TPSA) is 58.4 Å². The minimum atomic E-state index is -0.339. The number of nitro groups is 1. The third kappa shape index (κ3) is 3.32. The van der Waals surface area contributed by atoms with Crippen LogP contribution in [0.4, 0.5) is 17.1 Å². The van der Waals surface area contributed by atoms with E-state index >= 15 is 0 Å². The monoisotopic (exact) mass is 281 g/mol. The first-order chi connectivity index (χ1) is 8.91. The zero-order valence-corrected chi connectivity index (χ0v) is 12.3. The fourth-order valence-corrected chi connectivity index (χ4v) is 3.38. The number of anilines is 2. The van der Waals surface area contributed by atoms with Crippen LogP contribution in [0.15, 0.2) is 18.2 Å². The molecule has 1 saturated heterocycles. The van der Waals surface area contributed by atoms with Gasteiger partial charge in [0.15, 0.2) is 0 Å². The highest BCUT2D eigenvalue weighted by Crippen LogP contribution is 2.34. The predicted molar refractivity (Wildman–Crippen MR) is 81.4 cm³/mol. The second-order valence-electron chi connectivity index (χ2n) is 5.27. The summed E-state index contributed by atoms with van der Waals surface area (Å²) in [5.41, 5.74) is 1.84. The van der Waals surface area contributed by atoms with Gasteiger partial charge in [-0.2, -0.15) is 11.8 Å². The summed E-state index contributed by atoms with van der Waals surface area (Å²) in [5.74, 6) is 1.05. The number of rotatable bonds is 3. The molecular formula is C13H19N3O2S. The molecule has 2 rings (SSSR count). The van der Waals surface area contributed by atoms with Gasteiger partial charge in [0.2, 0.25) is 0 Å². The summed E-state index contributed by atoms with van der Waals surface area (Å²) in [5, 5.41) is 14.0. The van der Waals surface area contributed by atoms with Gasteiger partial charge in [0.05, 0.1) is 4.92 Å². The Balaban J connectivity index is 2.33. The lowest BCUT2D eigenvalue weighted by Gasteiger charge is -2.39. The van der Waals surface area contributed by atoms with Crippen LogP contribution in [-0.4, -0.2) is 35.6 Å². The van der Waals surface area contributed by atoms with E-state index in [4.69, 9.17) is 0 Å². The number of nitrogens with one attached hydrogen (secondary N) is 1. The predicted octanol–water partition coefficient (Wildman–Crippen LogP) is 2.97. The van der Waals surface area contributed by atoms with Crippen molar-refractivity contribution in [2.24, 2.45) is 0 Å². The van der Waals surface area contributed by atoms with Gasteiger partial charge in [0.1, 0.15) is 0 Å². The highest BCUT2D eigenvalue weighted by molar-refractivity contribution is 8.00. The van der Waals surface area contributed by atoms with Crippen molar-refractivity contribution < 1.29 is 4.92 Å². The summed E-state index contributed by atoms with van der Waals surface area (Å²) in [4.78, 5) is 12.9. The third-order valence-corrected chi connectivity index (χ3v) is 4.49. The van der Waals surface area contributed by atoms with E-state index in [0.29, 0.717) is 0 Å². The molecular weight excluding hydrogens is 262 g/mol. The van der Waals surface area contributed by atoms with Gasteiger partial charge in [-0.15, -0.1) is 0 Å². The molecule has 1 N–H and O–H groups in total. The molecule has 6 heteroatoms. The van der Waals surface area contributed by atoms with Crippen LogP contribution < -0.4 is 10.2 Å². The maximum Gasteiger partial charge on any atom is 0.273 e. The molecule has 19 heavy (non-hydrogen) atoms. The van der Waals surface area contributed by atoms with E-state index in [1.165, 1.54) is 0 Å². The summed E-state index contributed by atoms with van der Waals surface area (Å²) in [7, 11) is 1.78. The Hall–Kier alpha value is -1.43. The van der Waals surface area contributed by atoms with Crippen LogP contribution in [-0.2, 0) is 0 Å². The number of benzene rings is 1. The molecule has 104 valence electrons. The average molecular weight is 281 g/mol. The van der Waals surface area contributed by atoms with Gasteiger partial charge in [-0.1, -0.05) is 0 Å². The standard InChI is InChI=1S/C13H19N3O2S/c1-13(2)9-15(4-5-19-13)11-6-10(14-3)7-12(8-11)16(17)18/h6-8,14H,4-5,9H2,1-3H3. The van der Waals surface area contributed by atoms with E-state index in [1.807, 2.05) is 17.8 Å². The molecule has 0 aliphatic carbocycles. The molecule has 0 amide bonds. The van der Waals surface area contributed by atoms with Crippen LogP contribution in [0.3, 0.4) is 0 Å². The smallest absolute Gasteiger partial charge is 0.273 e. The Morgan fingerprint density at radius 2 is 2.16 bits per heavy atom. The van der Waals surface area contributed by atoms with Gasteiger partial charge in [-0.05, 0) is 19.9 Å². The number of thioether (sulfide) groups is 1. The number of non-ortho nitro benzene ring substituents is 1. The Labute approximate surface area is 117 Å². The molecule has 0 unspecified atom stereocenters. The highest BCUT2D eigenvalue weighted by Gasteiger charge is 2.28. The minimum absolute atomic E-state index is 0.137. The number of hydrogen-bond donors (Lipinski definition) is 1. The highest BCUT2D eigenvalue weighted by atomic mass is 32.2. The molecule has 0 saturated carbocycles. The number of nitrogens with zero attached hydrogens (tertiary/aromatic N) is 2. The Morgan fingerprint density at radius 1 is 1.42 bits per heavy atom. The van der Waals surface area contributed by atoms with Crippen LogP contribution in [0.5, 0.6) is 0 Å². The molecule has 0 bridgehead atoms. The first-order valence-electron chi connectivity index (χ1n) is 6.27. The summed E-state index contributed by atoms with van der Waals surface area (Å²) >= 11 is 1.95. The molecule has 0 aromatic heterocycles. The first kappa shape index (κ1) is 14.0. The lowest BCUT2D eigenvalue weighted by atomic mass is 10.1. The van der Waals surface area contributed by atoms with Crippen LogP contribution in [0.1, 0.15) is 13.8 Å². The summed E-state index contributed by atoms with van der Waals surface area (Å²) in [6.07, 6.45) is 0. The van der Waals surface area contributed by atoms with Crippen LogP contribution in [0.25, 0.3) is 0 Å². The van der Waals surface area contributed by atoms with E-state index in [0.717, 1.165) is 30.2 Å². The second kappa shape index (κ2) is 5.28. The zero-order chi connectivity index (χ0) is 14.0. The Morgan fingerprint density at radius 3 is 2.74 bits per heavy atom. The van der Waals surface area contributed by atoms with Gasteiger partial charge in [-0.3, -0.25) is 10.1 Å². The van der Waals surface area contributed by atoms with Crippen molar-refractivity contribution in [3.63, 3.8) is 0 Å². The van der Waals surface area contributed by atoms with Crippen molar-refractivity contribution >= 4 is 28.8 Å². The van der Waals surface area contributed by atoms with E-state index < -0.39 is 0 Å². The van der Waals surface area contributed by atoms with Gasteiger partial charge in [-0.25, -0.2) is 0 Å². The maximum atomic E-state index is 11.0. The van der Waals surface area contributed by atoms with Crippen LogP contribution in [0.2, 0.25) is 0 Å². The van der Waals surface area contributed by atoms with Crippen LogP contribution >= 0.6 is 11.8 Å². The van der Waals surface area contributed by atoms with Crippen molar-refractivity contribution in [3.05, 3.63) is 28.3 Å². The fraction of sp³-hybridized carbons (Fsp3) is 0.538. The van der Waals surface area contributed by atoms with Gasteiger partial charge >= 0.3 is 0 Å². The van der Waals surface area contributed by atoms with E-state index in [9.17, 15) is 10.1 Å². The Bertz CT molecular complexity index is 491. The summed E-state index contributed by atoms with van der Waals surface area (Å²) < 4.78 is 0.183. The fourth-order valence-electron chi connectivity index (χ4n) is 2.26. The van der Waals surface area contributed by atoms with Crippen molar-refractivity contribution in [2.45, 2.75) is 18.6 Å². The Kier molecular flexibility index (Phi) is 3.89. The molecule has 1 heterocycles. The zero-order valence-electron chi connectivity index (χ0n) is 11.5. The molecule has 1 aromatic carbocycles. The molecule has 0 spiro atoms. The normalized spacial score (nSPS) is 18.2. The van der Waals surface area contributed by atoms with Crippen molar-refractivity contribution in [1.29, 1.82) is 0 Å². The molecule has 1 fully saturated rings. The van der Waals surface area contributed by atoms with Crippen molar-refractivity contribution in [3.8, 4) is 0 Å². The molecule has 1 aromatic rings. The van der Waals surface area contributed by atoms with Crippen molar-refractivity contribution in [1.82, 2.24) is 0 Å². The van der Waals surface area contributed by atoms with E-state index in [1.54, 1.807) is 19.2 Å². The molecule has 1 aliphatic rings. The number of hydrogen-bond acceptors (Lipinski definition) is 5. The third-order valence-electron chi connectivity index (χ3n) is 3.19. The van der Waals surface area contributed by atoms with Crippen LogP contribution in [0, 0.1) is 10.1 Å². The SMILES string of the molecule is CNc1cc(N2CCSC(C)(C)C2)cc([N+](=O)[O-])c1. The van der Waals surface area contributed by atoms with E-state index in [2.05, 4.69) is 24.1 Å². The minimum Gasteiger partial charge on any atom is -0.388 e. The van der Waals surface area contributed by atoms with Crippen molar-refractivity contribution in [2.75, 3.05) is 36.1 Å². The van der Waals surface area contributed by atoms with E-state index in [-0.39, 0.29) is 15.4 Å².